The lowest BCUT2D eigenvalue weighted by atomic mass is 10.1. The van der Waals surface area contributed by atoms with Crippen molar-refractivity contribution < 1.29 is 4.79 Å². The van der Waals surface area contributed by atoms with Crippen LogP contribution >= 0.6 is 0 Å². The Morgan fingerprint density at radius 3 is 2.60 bits per heavy atom. The van der Waals surface area contributed by atoms with Gasteiger partial charge in [0.15, 0.2) is 0 Å². The number of aromatic nitrogens is 2. The highest BCUT2D eigenvalue weighted by Crippen LogP contribution is 2.08. The standard InChI is InChI=1S/C20H28N4O/c1-15(2)11-13-22-20(25)18-14-19(24-16(3)23-18)21-12-7-10-17-8-5-4-6-9-17/h4-6,8-9,14-15H,7,10-13H2,1-3H3,(H,22,25)(H,21,23,24). The molecule has 0 spiro atoms. The number of carbonyl (C=O) groups excluding carboxylic acids is 1. The van der Waals surface area contributed by atoms with Crippen LogP contribution in [-0.2, 0) is 6.42 Å². The third-order valence-electron chi connectivity index (χ3n) is 3.87. The second-order valence-corrected chi connectivity index (χ2v) is 6.64. The van der Waals surface area contributed by atoms with Crippen LogP contribution in [0.1, 0.15) is 48.6 Å². The summed E-state index contributed by atoms with van der Waals surface area (Å²) >= 11 is 0. The topological polar surface area (TPSA) is 66.9 Å². The second-order valence-electron chi connectivity index (χ2n) is 6.64. The fourth-order valence-electron chi connectivity index (χ4n) is 2.49. The highest BCUT2D eigenvalue weighted by Gasteiger charge is 2.10. The molecule has 0 saturated carbocycles. The number of hydrogen-bond acceptors (Lipinski definition) is 4. The first kappa shape index (κ1) is 18.9. The van der Waals surface area contributed by atoms with Crippen molar-refractivity contribution >= 4 is 11.7 Å². The summed E-state index contributed by atoms with van der Waals surface area (Å²) in [6, 6.07) is 12.1. The summed E-state index contributed by atoms with van der Waals surface area (Å²) in [4.78, 5) is 20.8. The van der Waals surface area contributed by atoms with Crippen LogP contribution in [0.25, 0.3) is 0 Å². The maximum Gasteiger partial charge on any atom is 0.270 e. The summed E-state index contributed by atoms with van der Waals surface area (Å²) in [5, 5.41) is 6.21. The van der Waals surface area contributed by atoms with Gasteiger partial charge in [-0.3, -0.25) is 4.79 Å². The van der Waals surface area contributed by atoms with Crippen LogP contribution in [0.5, 0.6) is 0 Å². The summed E-state index contributed by atoms with van der Waals surface area (Å²) in [5.41, 5.74) is 1.75. The van der Waals surface area contributed by atoms with E-state index in [1.165, 1.54) is 5.56 Å². The quantitative estimate of drug-likeness (QED) is 0.684. The van der Waals surface area contributed by atoms with Crippen LogP contribution in [0.15, 0.2) is 36.4 Å². The number of rotatable bonds is 9. The molecular formula is C20H28N4O. The number of carbonyl (C=O) groups is 1. The zero-order valence-electron chi connectivity index (χ0n) is 15.4. The predicted molar refractivity (Wildman–Crippen MR) is 102 cm³/mol. The van der Waals surface area contributed by atoms with E-state index in [4.69, 9.17) is 0 Å². The summed E-state index contributed by atoms with van der Waals surface area (Å²) in [6.45, 7) is 7.55. The van der Waals surface area contributed by atoms with Crippen molar-refractivity contribution in [2.75, 3.05) is 18.4 Å². The Hall–Kier alpha value is -2.43. The predicted octanol–water partition coefficient (Wildman–Crippen LogP) is 3.61. The van der Waals surface area contributed by atoms with Crippen LogP contribution < -0.4 is 10.6 Å². The minimum atomic E-state index is -0.140. The van der Waals surface area contributed by atoms with Crippen molar-refractivity contribution in [1.82, 2.24) is 15.3 Å². The van der Waals surface area contributed by atoms with Crippen LogP contribution in [0.3, 0.4) is 0 Å². The fraction of sp³-hybridized carbons (Fsp3) is 0.450. The smallest absolute Gasteiger partial charge is 0.270 e. The van der Waals surface area contributed by atoms with Gasteiger partial charge >= 0.3 is 0 Å². The Balaban J connectivity index is 1.84. The van der Waals surface area contributed by atoms with Crippen LogP contribution in [0, 0.1) is 12.8 Å². The van der Waals surface area contributed by atoms with Gasteiger partial charge in [-0.05, 0) is 37.7 Å². The number of hydrogen-bond donors (Lipinski definition) is 2. The number of nitrogens with one attached hydrogen (secondary N) is 2. The molecule has 0 saturated heterocycles. The van der Waals surface area contributed by atoms with E-state index in [-0.39, 0.29) is 5.91 Å². The Morgan fingerprint density at radius 2 is 1.88 bits per heavy atom. The van der Waals surface area contributed by atoms with E-state index in [1.54, 1.807) is 13.0 Å². The molecule has 0 fully saturated rings. The zero-order chi connectivity index (χ0) is 18.1. The highest BCUT2D eigenvalue weighted by atomic mass is 16.1. The Labute approximate surface area is 150 Å². The number of aryl methyl sites for hydroxylation is 2. The first-order valence-corrected chi connectivity index (χ1v) is 8.96. The van der Waals surface area contributed by atoms with Crippen molar-refractivity contribution in [2.24, 2.45) is 5.92 Å². The maximum atomic E-state index is 12.2. The lowest BCUT2D eigenvalue weighted by Crippen LogP contribution is -2.26. The van der Waals surface area contributed by atoms with Gasteiger partial charge in [0.2, 0.25) is 0 Å². The van der Waals surface area contributed by atoms with E-state index in [1.807, 2.05) is 6.07 Å². The van der Waals surface area contributed by atoms with E-state index in [0.29, 0.717) is 29.8 Å². The first-order chi connectivity index (χ1) is 12.0. The van der Waals surface area contributed by atoms with Gasteiger partial charge < -0.3 is 10.6 Å². The van der Waals surface area contributed by atoms with Crippen LogP contribution in [-0.4, -0.2) is 29.0 Å². The Morgan fingerprint density at radius 1 is 1.12 bits per heavy atom. The molecule has 134 valence electrons. The van der Waals surface area contributed by atoms with Gasteiger partial charge in [0.25, 0.3) is 5.91 Å². The summed E-state index contributed by atoms with van der Waals surface area (Å²) in [5.74, 6) is 1.73. The minimum absolute atomic E-state index is 0.140. The van der Waals surface area contributed by atoms with Gasteiger partial charge in [-0.2, -0.15) is 0 Å². The molecular weight excluding hydrogens is 312 g/mol. The zero-order valence-corrected chi connectivity index (χ0v) is 15.4. The third-order valence-corrected chi connectivity index (χ3v) is 3.87. The van der Waals surface area contributed by atoms with Crippen molar-refractivity contribution in [1.29, 1.82) is 0 Å². The first-order valence-electron chi connectivity index (χ1n) is 8.96. The van der Waals surface area contributed by atoms with Crippen molar-refractivity contribution in [3.05, 3.63) is 53.5 Å². The SMILES string of the molecule is Cc1nc(NCCCc2ccccc2)cc(C(=O)NCCC(C)C)n1. The lowest BCUT2D eigenvalue weighted by molar-refractivity contribution is 0.0946. The van der Waals surface area contributed by atoms with E-state index in [0.717, 1.165) is 25.8 Å². The number of benzene rings is 1. The molecule has 2 aromatic rings. The van der Waals surface area contributed by atoms with Gasteiger partial charge in [-0.25, -0.2) is 9.97 Å². The molecule has 5 heteroatoms. The van der Waals surface area contributed by atoms with Gasteiger partial charge in [-0.1, -0.05) is 44.2 Å². The van der Waals surface area contributed by atoms with E-state index < -0.39 is 0 Å². The molecule has 2 rings (SSSR count). The van der Waals surface area contributed by atoms with Crippen LogP contribution in [0.4, 0.5) is 5.82 Å². The van der Waals surface area contributed by atoms with E-state index in [9.17, 15) is 4.79 Å². The molecule has 0 aliphatic carbocycles. The number of amides is 1. The molecule has 1 aromatic carbocycles. The molecule has 0 radical (unpaired) electrons. The monoisotopic (exact) mass is 340 g/mol. The Kier molecular flexibility index (Phi) is 7.38. The molecule has 1 heterocycles. The Bertz CT molecular complexity index is 671. The van der Waals surface area contributed by atoms with Crippen molar-refractivity contribution in [3.8, 4) is 0 Å². The molecule has 0 atom stereocenters. The van der Waals surface area contributed by atoms with Gasteiger partial charge in [-0.15, -0.1) is 0 Å². The molecule has 1 amide bonds. The average molecular weight is 340 g/mol. The van der Waals surface area contributed by atoms with Crippen molar-refractivity contribution in [2.45, 2.75) is 40.0 Å². The largest absolute Gasteiger partial charge is 0.370 e. The normalized spacial score (nSPS) is 10.7. The van der Waals surface area contributed by atoms with Gasteiger partial charge in [0.1, 0.15) is 17.3 Å². The van der Waals surface area contributed by atoms with Crippen molar-refractivity contribution in [3.63, 3.8) is 0 Å². The molecule has 0 unspecified atom stereocenters. The third kappa shape index (κ3) is 6.91. The molecule has 25 heavy (non-hydrogen) atoms. The summed E-state index contributed by atoms with van der Waals surface area (Å²) in [6.07, 6.45) is 2.98. The molecule has 0 aliphatic rings. The lowest BCUT2D eigenvalue weighted by Gasteiger charge is -2.10. The molecule has 1 aromatic heterocycles. The summed E-state index contributed by atoms with van der Waals surface area (Å²) < 4.78 is 0. The maximum absolute atomic E-state index is 12.2. The molecule has 0 aliphatic heterocycles. The fourth-order valence-corrected chi connectivity index (χ4v) is 2.49. The molecule has 0 bridgehead atoms. The second kappa shape index (κ2) is 9.77. The highest BCUT2D eigenvalue weighted by molar-refractivity contribution is 5.92. The molecule has 5 nitrogen and oxygen atoms in total. The number of anilines is 1. The molecule has 2 N–H and O–H groups in total. The van der Waals surface area contributed by atoms with E-state index in [2.05, 4.69) is 58.7 Å². The van der Waals surface area contributed by atoms with E-state index >= 15 is 0 Å². The van der Waals surface area contributed by atoms with Gasteiger partial charge in [0, 0.05) is 19.2 Å². The number of nitrogens with zero attached hydrogens (tertiary/aromatic N) is 2. The average Bonchev–Trinajstić information content (AvgIpc) is 2.59. The minimum Gasteiger partial charge on any atom is -0.370 e. The summed E-state index contributed by atoms with van der Waals surface area (Å²) in [7, 11) is 0. The van der Waals surface area contributed by atoms with Crippen LogP contribution in [0.2, 0.25) is 0 Å². The van der Waals surface area contributed by atoms with Gasteiger partial charge in [0.05, 0.1) is 0 Å².